The van der Waals surface area contributed by atoms with Crippen LogP contribution in [0, 0.1) is 0 Å². The summed E-state index contributed by atoms with van der Waals surface area (Å²) in [5, 5.41) is 8.92. The Labute approximate surface area is 203 Å². The molecule has 33 heavy (non-hydrogen) atoms. The van der Waals surface area contributed by atoms with E-state index in [2.05, 4.69) is 121 Å². The fraction of sp³-hybridized carbons (Fsp3) is 0. The molecular formula is C30H21ClSSi. The number of hydrogen-bond acceptors (Lipinski definition) is 1. The van der Waals surface area contributed by atoms with Gasteiger partial charge in [0, 0.05) is 25.2 Å². The minimum absolute atomic E-state index is 0.776. The second-order valence-electron chi connectivity index (χ2n) is 8.27. The maximum atomic E-state index is 6.63. The highest BCUT2D eigenvalue weighted by molar-refractivity contribution is 7.27. The molecule has 0 amide bonds. The second-order valence-corrected chi connectivity index (χ2v) is 13.6. The molecule has 0 aliphatic carbocycles. The highest BCUT2D eigenvalue weighted by atomic mass is 35.5. The van der Waals surface area contributed by atoms with Gasteiger partial charge in [-0.3, -0.25) is 0 Å². The molecule has 0 fully saturated rings. The molecule has 0 saturated heterocycles. The third-order valence-corrected chi connectivity index (χ3v) is 12.6. The fourth-order valence-electron chi connectivity index (χ4n) is 5.15. The summed E-state index contributed by atoms with van der Waals surface area (Å²) in [4.78, 5) is 0. The van der Waals surface area contributed by atoms with Crippen LogP contribution in [0.15, 0.2) is 127 Å². The van der Waals surface area contributed by atoms with E-state index in [0.29, 0.717) is 0 Å². The Hall–Kier alpha value is -3.17. The molecule has 0 saturated carbocycles. The lowest BCUT2D eigenvalue weighted by atomic mass is 10.1. The summed E-state index contributed by atoms with van der Waals surface area (Å²) in [7, 11) is -2.65. The topological polar surface area (TPSA) is 0 Å². The van der Waals surface area contributed by atoms with Gasteiger partial charge >= 0.3 is 0 Å². The van der Waals surface area contributed by atoms with Crippen LogP contribution < -0.4 is 20.7 Å². The predicted molar refractivity (Wildman–Crippen MR) is 148 cm³/mol. The first-order valence-corrected chi connectivity index (χ1v) is 14.3. The Morgan fingerprint density at radius 2 is 1.09 bits per heavy atom. The monoisotopic (exact) mass is 476 g/mol. The Morgan fingerprint density at radius 1 is 0.515 bits per heavy atom. The summed E-state index contributed by atoms with van der Waals surface area (Å²) < 4.78 is 2.66. The van der Waals surface area contributed by atoms with Crippen molar-refractivity contribution in [3.63, 3.8) is 0 Å². The van der Waals surface area contributed by atoms with Crippen LogP contribution in [0.5, 0.6) is 0 Å². The van der Waals surface area contributed by atoms with Crippen LogP contribution in [-0.2, 0) is 0 Å². The minimum atomic E-state index is -2.65. The van der Waals surface area contributed by atoms with Gasteiger partial charge in [-0.15, -0.1) is 11.3 Å². The lowest BCUT2D eigenvalue weighted by Gasteiger charge is -2.35. The van der Waals surface area contributed by atoms with Crippen molar-refractivity contribution in [3.05, 3.63) is 132 Å². The van der Waals surface area contributed by atoms with Crippen molar-refractivity contribution in [2.24, 2.45) is 0 Å². The second kappa shape index (κ2) is 8.31. The highest BCUT2D eigenvalue weighted by Gasteiger charge is 2.43. The van der Waals surface area contributed by atoms with Crippen molar-refractivity contribution in [1.82, 2.24) is 0 Å². The van der Waals surface area contributed by atoms with Gasteiger partial charge in [0.25, 0.3) is 0 Å². The summed E-state index contributed by atoms with van der Waals surface area (Å²) in [5.74, 6) is 0. The van der Waals surface area contributed by atoms with E-state index in [9.17, 15) is 0 Å². The quantitative estimate of drug-likeness (QED) is 0.213. The van der Waals surface area contributed by atoms with E-state index in [1.54, 1.807) is 0 Å². The molecule has 158 valence electrons. The molecule has 6 rings (SSSR count). The normalized spacial score (nSPS) is 11.8. The van der Waals surface area contributed by atoms with Gasteiger partial charge in [-0.05, 0) is 45.0 Å². The van der Waals surface area contributed by atoms with Crippen molar-refractivity contribution in [1.29, 1.82) is 0 Å². The number of hydrogen-bond donors (Lipinski definition) is 0. The third-order valence-electron chi connectivity index (χ3n) is 6.48. The molecule has 0 aliphatic rings. The Balaban J connectivity index is 1.85. The zero-order valence-electron chi connectivity index (χ0n) is 17.9. The van der Waals surface area contributed by atoms with Crippen LogP contribution in [0.25, 0.3) is 20.2 Å². The summed E-state index contributed by atoms with van der Waals surface area (Å²) in [6.07, 6.45) is 0. The van der Waals surface area contributed by atoms with Crippen LogP contribution in [-0.4, -0.2) is 8.07 Å². The molecule has 3 heteroatoms. The number of fused-ring (bicyclic) bond motifs is 3. The van der Waals surface area contributed by atoms with Crippen LogP contribution >= 0.6 is 22.9 Å². The predicted octanol–water partition coefficient (Wildman–Crippen LogP) is 6.09. The lowest BCUT2D eigenvalue weighted by Crippen LogP contribution is -2.74. The van der Waals surface area contributed by atoms with Crippen LogP contribution in [0.3, 0.4) is 0 Å². The van der Waals surface area contributed by atoms with Gasteiger partial charge in [-0.1, -0.05) is 115 Å². The van der Waals surface area contributed by atoms with Gasteiger partial charge in [0.05, 0.1) is 0 Å². The van der Waals surface area contributed by atoms with Crippen molar-refractivity contribution in [2.45, 2.75) is 0 Å². The molecular weight excluding hydrogens is 456 g/mol. The molecule has 1 aromatic heterocycles. The zero-order chi connectivity index (χ0) is 22.3. The van der Waals surface area contributed by atoms with E-state index in [0.717, 1.165) is 5.02 Å². The van der Waals surface area contributed by atoms with Crippen molar-refractivity contribution >= 4 is 71.9 Å². The molecule has 0 spiro atoms. The maximum absolute atomic E-state index is 6.63. The van der Waals surface area contributed by atoms with Crippen molar-refractivity contribution in [2.75, 3.05) is 0 Å². The van der Waals surface area contributed by atoms with Gasteiger partial charge < -0.3 is 0 Å². The average Bonchev–Trinajstić information content (AvgIpc) is 3.25. The smallest absolute Gasteiger partial charge is 0.135 e. The standard InChI is InChI=1S/C30H21ClSSi/c31-22-11-9-16-25(21-22)33(23-12-3-1-4-13-23,24-14-5-2-6-15-24)29-20-10-19-28-30(29)26-17-7-8-18-27(26)32-28/h1-21H. The molecule has 6 aromatic rings. The zero-order valence-corrected chi connectivity index (χ0v) is 20.5. The molecule has 0 N–H and O–H groups in total. The lowest BCUT2D eigenvalue weighted by molar-refractivity contribution is 1.68. The Kier molecular flexibility index (Phi) is 5.15. The van der Waals surface area contributed by atoms with Gasteiger partial charge in [-0.2, -0.15) is 0 Å². The number of thiophene rings is 1. The molecule has 0 radical (unpaired) electrons. The van der Waals surface area contributed by atoms with Crippen LogP contribution in [0.2, 0.25) is 5.02 Å². The largest absolute Gasteiger partial charge is 0.180 e. The Bertz CT molecular complexity index is 1530. The molecule has 5 aromatic carbocycles. The minimum Gasteiger partial charge on any atom is -0.135 e. The SMILES string of the molecule is Clc1cccc([Si](c2ccccc2)(c2ccccc2)c2cccc3sc4ccccc4c23)c1. The van der Waals surface area contributed by atoms with Gasteiger partial charge in [0.1, 0.15) is 0 Å². The van der Waals surface area contributed by atoms with E-state index in [1.807, 2.05) is 17.4 Å². The first-order valence-electron chi connectivity index (χ1n) is 11.1. The van der Waals surface area contributed by atoms with Crippen LogP contribution in [0.4, 0.5) is 0 Å². The van der Waals surface area contributed by atoms with Crippen molar-refractivity contribution < 1.29 is 0 Å². The first kappa shape index (κ1) is 20.4. The highest BCUT2D eigenvalue weighted by Crippen LogP contribution is 2.33. The summed E-state index contributed by atoms with van der Waals surface area (Å²) >= 11 is 8.51. The number of benzene rings is 5. The van der Waals surface area contributed by atoms with E-state index < -0.39 is 8.07 Å². The first-order chi connectivity index (χ1) is 16.3. The summed E-state index contributed by atoms with van der Waals surface area (Å²) in [5.41, 5.74) is 0. The van der Waals surface area contributed by atoms with E-state index in [4.69, 9.17) is 11.6 Å². The summed E-state index contributed by atoms with van der Waals surface area (Å²) in [6, 6.07) is 46.2. The maximum Gasteiger partial charge on any atom is 0.180 e. The number of halogens is 1. The number of rotatable bonds is 4. The average molecular weight is 477 g/mol. The molecule has 1 heterocycles. The fourth-order valence-corrected chi connectivity index (χ4v) is 11.7. The van der Waals surface area contributed by atoms with Gasteiger partial charge in [0.15, 0.2) is 8.07 Å². The van der Waals surface area contributed by atoms with E-state index in [-0.39, 0.29) is 0 Å². The van der Waals surface area contributed by atoms with E-state index in [1.165, 1.54) is 40.9 Å². The Morgan fingerprint density at radius 3 is 1.79 bits per heavy atom. The summed E-state index contributed by atoms with van der Waals surface area (Å²) in [6.45, 7) is 0. The van der Waals surface area contributed by atoms with Gasteiger partial charge in [-0.25, -0.2) is 0 Å². The molecule has 0 atom stereocenters. The third kappa shape index (κ3) is 3.26. The van der Waals surface area contributed by atoms with Crippen molar-refractivity contribution in [3.8, 4) is 0 Å². The molecule has 0 nitrogen and oxygen atoms in total. The van der Waals surface area contributed by atoms with Crippen LogP contribution in [0.1, 0.15) is 0 Å². The molecule has 0 bridgehead atoms. The molecule has 0 aliphatic heterocycles. The van der Waals surface area contributed by atoms with Gasteiger partial charge in [0.2, 0.25) is 0 Å². The van der Waals surface area contributed by atoms with E-state index >= 15 is 0 Å². The molecule has 0 unspecified atom stereocenters.